The van der Waals surface area contributed by atoms with E-state index in [0.29, 0.717) is 10.5 Å². The van der Waals surface area contributed by atoms with Crippen LogP contribution in [0.4, 0.5) is 0 Å². The van der Waals surface area contributed by atoms with E-state index in [-0.39, 0.29) is 5.75 Å². The molecule has 0 saturated carbocycles. The van der Waals surface area contributed by atoms with Gasteiger partial charge in [-0.3, -0.25) is 4.79 Å². The van der Waals surface area contributed by atoms with Crippen molar-refractivity contribution in [3.8, 4) is 5.75 Å². The number of aliphatic carboxylic acids is 1. The van der Waals surface area contributed by atoms with Crippen LogP contribution in [0.1, 0.15) is 33.3 Å². The molecule has 10 heteroatoms. The number of carboxylic acid groups (broad SMARTS) is 1. The van der Waals surface area contributed by atoms with Gasteiger partial charge in [-0.25, -0.2) is 4.90 Å². The monoisotopic (exact) mass is 419 g/mol. The standard InChI is InChI=1S/C13H18O3.C6H15NO6/c1-12(2,3)13(4,11(15)16)9-5-7-10(14)8-6-9;8-1-4(11)7(5(12)2-9)6(13)3-10/h5-8,14H,1-4H3,(H,15,16);4-6,8-13H,1-3H2. The van der Waals surface area contributed by atoms with Gasteiger partial charge in [0.25, 0.3) is 0 Å². The summed E-state index contributed by atoms with van der Waals surface area (Å²) in [7, 11) is 0. The maximum absolute atomic E-state index is 11.5. The number of hydrogen-bond acceptors (Lipinski definition) is 9. The van der Waals surface area contributed by atoms with Crippen molar-refractivity contribution >= 4 is 5.97 Å². The highest BCUT2D eigenvalue weighted by Crippen LogP contribution is 2.41. The Morgan fingerprint density at radius 2 is 1.21 bits per heavy atom. The maximum Gasteiger partial charge on any atom is 0.314 e. The summed E-state index contributed by atoms with van der Waals surface area (Å²) in [5.41, 5.74) is -0.679. The predicted molar refractivity (Wildman–Crippen MR) is 104 cm³/mol. The summed E-state index contributed by atoms with van der Waals surface area (Å²) in [5, 5.41) is 71.4. The lowest BCUT2D eigenvalue weighted by Gasteiger charge is -2.38. The van der Waals surface area contributed by atoms with Gasteiger partial charge in [0.15, 0.2) is 0 Å². The minimum Gasteiger partial charge on any atom is -0.508 e. The zero-order chi connectivity index (χ0) is 23.0. The first-order chi connectivity index (χ1) is 13.3. The van der Waals surface area contributed by atoms with Crippen molar-refractivity contribution in [3.63, 3.8) is 0 Å². The van der Waals surface area contributed by atoms with Crippen molar-refractivity contribution in [1.29, 1.82) is 0 Å². The Morgan fingerprint density at radius 3 is 1.45 bits per heavy atom. The Kier molecular flexibility index (Phi) is 10.7. The lowest BCUT2D eigenvalue weighted by atomic mass is 9.64. The number of hydrogen-bond donors (Lipinski definition) is 8. The molecule has 4 unspecified atom stereocenters. The van der Waals surface area contributed by atoms with Crippen molar-refractivity contribution in [2.75, 3.05) is 19.8 Å². The summed E-state index contributed by atoms with van der Waals surface area (Å²) in [6.45, 7) is 5.22. The zero-order valence-electron chi connectivity index (χ0n) is 17.1. The van der Waals surface area contributed by atoms with Gasteiger partial charge in [0.2, 0.25) is 0 Å². The van der Waals surface area contributed by atoms with Crippen LogP contribution in [-0.4, -0.2) is 90.2 Å². The SMILES string of the molecule is CC(C)(C)C(C)(C(=O)O)c1ccc(O)cc1.OCC(O)N(C(O)CO)C(O)CO. The number of aliphatic hydroxyl groups excluding tert-OH is 6. The lowest BCUT2D eigenvalue weighted by molar-refractivity contribution is -0.206. The largest absolute Gasteiger partial charge is 0.508 e. The molecule has 4 atom stereocenters. The van der Waals surface area contributed by atoms with Crippen molar-refractivity contribution in [2.24, 2.45) is 5.41 Å². The molecule has 0 saturated heterocycles. The van der Waals surface area contributed by atoms with Gasteiger partial charge >= 0.3 is 5.97 Å². The molecule has 0 aromatic heterocycles. The molecule has 0 amide bonds. The summed E-state index contributed by atoms with van der Waals surface area (Å²) in [6, 6.07) is 6.36. The average molecular weight is 419 g/mol. The fraction of sp³-hybridized carbons (Fsp3) is 0.632. The molecule has 0 heterocycles. The summed E-state index contributed by atoms with van der Waals surface area (Å²) < 4.78 is 0. The third-order valence-corrected chi connectivity index (χ3v) is 4.89. The van der Waals surface area contributed by atoms with Gasteiger partial charge in [-0.1, -0.05) is 32.9 Å². The van der Waals surface area contributed by atoms with Gasteiger partial charge in [-0.2, -0.15) is 0 Å². The third-order valence-electron chi connectivity index (χ3n) is 4.89. The van der Waals surface area contributed by atoms with Crippen LogP contribution < -0.4 is 0 Å². The van der Waals surface area contributed by atoms with Crippen molar-refractivity contribution in [1.82, 2.24) is 4.90 Å². The van der Waals surface area contributed by atoms with Crippen molar-refractivity contribution < 1.29 is 45.6 Å². The number of aromatic hydroxyl groups is 1. The number of carbonyl (C=O) groups is 1. The normalized spacial score (nSPS) is 16.9. The molecule has 168 valence electrons. The van der Waals surface area contributed by atoms with E-state index in [2.05, 4.69) is 0 Å². The van der Waals surface area contributed by atoms with Gasteiger partial charge < -0.3 is 40.9 Å². The molecule has 0 fully saturated rings. The Bertz CT molecular complexity index is 593. The minimum absolute atomic E-state index is 0.144. The predicted octanol–water partition coefficient (Wildman–Crippen LogP) is -0.999. The molecule has 0 aliphatic heterocycles. The molecule has 10 nitrogen and oxygen atoms in total. The number of rotatable bonds is 8. The van der Waals surface area contributed by atoms with Crippen molar-refractivity contribution in [3.05, 3.63) is 29.8 Å². The quantitative estimate of drug-likeness (QED) is 0.243. The van der Waals surface area contributed by atoms with Gasteiger partial charge in [0.1, 0.15) is 24.4 Å². The summed E-state index contributed by atoms with van der Waals surface area (Å²) >= 11 is 0. The van der Waals surface area contributed by atoms with Gasteiger partial charge in [-0.05, 0) is 30.0 Å². The highest BCUT2D eigenvalue weighted by Gasteiger charge is 2.45. The number of benzene rings is 1. The summed E-state index contributed by atoms with van der Waals surface area (Å²) in [6.07, 6.45) is -4.61. The van der Waals surface area contributed by atoms with Crippen LogP contribution in [0, 0.1) is 5.41 Å². The van der Waals surface area contributed by atoms with Crippen LogP contribution in [0.2, 0.25) is 0 Å². The maximum atomic E-state index is 11.5. The molecule has 29 heavy (non-hydrogen) atoms. The third kappa shape index (κ3) is 6.89. The Balaban J connectivity index is 0.000000555. The van der Waals surface area contributed by atoms with E-state index in [1.807, 2.05) is 20.8 Å². The number of nitrogens with zero attached hydrogens (tertiary/aromatic N) is 1. The number of phenolic OH excluding ortho intramolecular Hbond substituents is 1. The molecule has 8 N–H and O–H groups in total. The molecule has 0 spiro atoms. The van der Waals surface area contributed by atoms with Gasteiger partial charge in [0.05, 0.1) is 25.2 Å². The fourth-order valence-corrected chi connectivity index (χ4v) is 2.55. The first-order valence-electron chi connectivity index (χ1n) is 8.95. The Morgan fingerprint density at radius 1 is 0.862 bits per heavy atom. The molecular weight excluding hydrogens is 386 g/mol. The van der Waals surface area contributed by atoms with Crippen LogP contribution >= 0.6 is 0 Å². The highest BCUT2D eigenvalue weighted by molar-refractivity contribution is 5.82. The van der Waals surface area contributed by atoms with Crippen LogP contribution in [0.15, 0.2) is 24.3 Å². The fourth-order valence-electron chi connectivity index (χ4n) is 2.55. The molecular formula is C19H33NO9. The summed E-state index contributed by atoms with van der Waals surface area (Å²) in [4.78, 5) is 12.1. The molecule has 0 aliphatic rings. The zero-order valence-corrected chi connectivity index (χ0v) is 17.1. The number of carboxylic acids is 1. The van der Waals surface area contributed by atoms with E-state index in [1.54, 1.807) is 19.1 Å². The Labute approximate surface area is 169 Å². The second-order valence-corrected chi connectivity index (χ2v) is 7.66. The number of aliphatic hydroxyl groups is 6. The highest BCUT2D eigenvalue weighted by atomic mass is 16.4. The van der Waals surface area contributed by atoms with Gasteiger partial charge in [0, 0.05) is 0 Å². The molecule has 0 bridgehead atoms. The number of phenols is 1. The van der Waals surface area contributed by atoms with Crippen LogP contribution in [-0.2, 0) is 10.2 Å². The molecule has 0 radical (unpaired) electrons. The topological polar surface area (TPSA) is 182 Å². The second kappa shape index (κ2) is 11.4. The first kappa shape index (κ1) is 27.2. The Hall–Kier alpha value is -1.79. The van der Waals surface area contributed by atoms with E-state index >= 15 is 0 Å². The molecule has 1 aromatic rings. The average Bonchev–Trinajstić information content (AvgIpc) is 2.66. The van der Waals surface area contributed by atoms with Crippen LogP contribution in [0.3, 0.4) is 0 Å². The first-order valence-corrected chi connectivity index (χ1v) is 8.95. The molecule has 0 aliphatic carbocycles. The van der Waals surface area contributed by atoms with Crippen molar-refractivity contribution in [2.45, 2.75) is 51.8 Å². The smallest absolute Gasteiger partial charge is 0.314 e. The minimum atomic E-state index is -1.54. The van der Waals surface area contributed by atoms with Gasteiger partial charge in [-0.15, -0.1) is 0 Å². The lowest BCUT2D eigenvalue weighted by Crippen LogP contribution is -2.53. The van der Waals surface area contributed by atoms with E-state index < -0.39 is 55.3 Å². The van der Waals surface area contributed by atoms with Crippen LogP contribution in [0.25, 0.3) is 0 Å². The van der Waals surface area contributed by atoms with E-state index in [1.165, 1.54) is 12.1 Å². The second-order valence-electron chi connectivity index (χ2n) is 7.66. The molecule has 1 aromatic carbocycles. The summed E-state index contributed by atoms with van der Waals surface area (Å²) in [5.74, 6) is -0.712. The molecule has 1 rings (SSSR count). The van der Waals surface area contributed by atoms with E-state index in [0.717, 1.165) is 0 Å². The van der Waals surface area contributed by atoms with Crippen LogP contribution in [0.5, 0.6) is 5.75 Å². The van der Waals surface area contributed by atoms with E-state index in [4.69, 9.17) is 30.6 Å². The van der Waals surface area contributed by atoms with E-state index in [9.17, 15) is 15.0 Å².